The second-order valence-electron chi connectivity index (χ2n) is 9.37. The average molecular weight is 509 g/mol. The largest absolute Gasteiger partial charge is 0.492 e. The predicted octanol–water partition coefficient (Wildman–Crippen LogP) is 5.01. The number of imidazole rings is 1. The Hall–Kier alpha value is -4.70. The van der Waals surface area contributed by atoms with Gasteiger partial charge in [0.05, 0.1) is 34.6 Å². The van der Waals surface area contributed by atoms with E-state index < -0.39 is 0 Å². The number of nitrogens with zero attached hydrogens (tertiary/aromatic N) is 6. The minimum Gasteiger partial charge on any atom is -0.492 e. The number of aryl methyl sites for hydroxylation is 1. The SMILES string of the molecule is Cc1ccncc1-c1cc2c(-c3nc4c(-c5cc(F)cc(OCCN(C)C)c5)cncc4[nH]3)n[nH]c2cn1. The highest BCUT2D eigenvalue weighted by atomic mass is 19.1. The Bertz CT molecular complexity index is 1770. The lowest BCUT2D eigenvalue weighted by atomic mass is 10.1. The molecule has 0 bridgehead atoms. The second kappa shape index (κ2) is 9.64. The molecule has 0 amide bonds. The van der Waals surface area contributed by atoms with E-state index in [2.05, 4.69) is 30.1 Å². The van der Waals surface area contributed by atoms with E-state index in [9.17, 15) is 4.39 Å². The lowest BCUT2D eigenvalue weighted by molar-refractivity contribution is 0.260. The summed E-state index contributed by atoms with van der Waals surface area (Å²) in [4.78, 5) is 23.4. The minimum absolute atomic E-state index is 0.390. The molecule has 1 aromatic carbocycles. The molecule has 0 aliphatic rings. The number of rotatable bonds is 7. The molecule has 0 saturated heterocycles. The van der Waals surface area contributed by atoms with E-state index in [0.29, 0.717) is 46.0 Å². The summed E-state index contributed by atoms with van der Waals surface area (Å²) in [7, 11) is 3.92. The topological polar surface area (TPSA) is 109 Å². The van der Waals surface area contributed by atoms with Crippen molar-refractivity contribution in [2.24, 2.45) is 0 Å². The van der Waals surface area contributed by atoms with Crippen LogP contribution >= 0.6 is 0 Å². The first-order valence-corrected chi connectivity index (χ1v) is 12.1. The molecule has 0 aliphatic heterocycles. The maximum atomic E-state index is 14.5. The highest BCUT2D eigenvalue weighted by Gasteiger charge is 2.17. The molecule has 0 aliphatic carbocycles. The van der Waals surface area contributed by atoms with Crippen LogP contribution in [0.5, 0.6) is 5.75 Å². The molecule has 5 heterocycles. The van der Waals surface area contributed by atoms with Gasteiger partial charge in [-0.3, -0.25) is 20.1 Å². The Balaban J connectivity index is 1.41. The number of halogens is 1. The molecule has 6 rings (SSSR count). The van der Waals surface area contributed by atoms with Gasteiger partial charge in [0.1, 0.15) is 23.9 Å². The number of aromatic nitrogens is 7. The number of hydrogen-bond donors (Lipinski definition) is 2. The molecule has 2 N–H and O–H groups in total. The van der Waals surface area contributed by atoms with Crippen molar-refractivity contribution in [3.05, 3.63) is 72.7 Å². The van der Waals surface area contributed by atoms with Gasteiger partial charge in [0.25, 0.3) is 0 Å². The van der Waals surface area contributed by atoms with Crippen molar-refractivity contribution in [3.63, 3.8) is 0 Å². The third-order valence-corrected chi connectivity index (χ3v) is 6.37. The molecule has 0 fully saturated rings. The molecule has 5 aromatic heterocycles. The zero-order chi connectivity index (χ0) is 26.2. The number of benzene rings is 1. The van der Waals surface area contributed by atoms with Gasteiger partial charge in [-0.2, -0.15) is 5.10 Å². The van der Waals surface area contributed by atoms with Crippen LogP contribution in [0.1, 0.15) is 5.56 Å². The van der Waals surface area contributed by atoms with E-state index in [1.54, 1.807) is 31.0 Å². The molecular weight excluding hydrogens is 483 g/mol. The second-order valence-corrected chi connectivity index (χ2v) is 9.37. The number of likely N-dealkylation sites (N-methyl/N-ethyl adjacent to an activating group) is 1. The highest BCUT2D eigenvalue weighted by Crippen LogP contribution is 2.33. The predicted molar refractivity (Wildman–Crippen MR) is 144 cm³/mol. The molecular formula is C28H25FN8O. The summed E-state index contributed by atoms with van der Waals surface area (Å²) in [6, 6.07) is 8.59. The molecule has 0 atom stereocenters. The summed E-state index contributed by atoms with van der Waals surface area (Å²) in [5, 5.41) is 8.43. The van der Waals surface area contributed by atoms with Crippen LogP contribution in [0, 0.1) is 12.7 Å². The van der Waals surface area contributed by atoms with Gasteiger partial charge in [-0.05, 0) is 56.4 Å². The summed E-state index contributed by atoms with van der Waals surface area (Å²) >= 11 is 0. The van der Waals surface area contributed by atoms with Crippen molar-refractivity contribution >= 4 is 21.9 Å². The minimum atomic E-state index is -0.390. The lowest BCUT2D eigenvalue weighted by Crippen LogP contribution is -2.19. The average Bonchev–Trinajstić information content (AvgIpc) is 3.52. The van der Waals surface area contributed by atoms with Gasteiger partial charge in [-0.15, -0.1) is 0 Å². The van der Waals surface area contributed by atoms with Crippen molar-refractivity contribution in [1.29, 1.82) is 0 Å². The molecule has 0 radical (unpaired) electrons. The summed E-state index contributed by atoms with van der Waals surface area (Å²) in [5.41, 5.74) is 6.96. The van der Waals surface area contributed by atoms with Gasteiger partial charge in [-0.25, -0.2) is 9.37 Å². The van der Waals surface area contributed by atoms with Crippen LogP contribution in [0.15, 0.2) is 61.3 Å². The van der Waals surface area contributed by atoms with Crippen molar-refractivity contribution in [2.45, 2.75) is 6.92 Å². The Labute approximate surface area is 217 Å². The maximum Gasteiger partial charge on any atom is 0.159 e. The lowest BCUT2D eigenvalue weighted by Gasteiger charge is -2.12. The van der Waals surface area contributed by atoms with E-state index in [4.69, 9.17) is 9.72 Å². The summed E-state index contributed by atoms with van der Waals surface area (Å²) in [5.74, 6) is 0.636. The van der Waals surface area contributed by atoms with Gasteiger partial charge in [0.15, 0.2) is 5.82 Å². The number of pyridine rings is 3. The van der Waals surface area contributed by atoms with Crippen LogP contribution in [0.2, 0.25) is 0 Å². The van der Waals surface area contributed by atoms with E-state index in [1.165, 1.54) is 12.1 Å². The number of fused-ring (bicyclic) bond motifs is 2. The van der Waals surface area contributed by atoms with E-state index >= 15 is 0 Å². The first kappa shape index (κ1) is 23.7. The number of H-pyrrole nitrogens is 2. The normalized spacial score (nSPS) is 11.6. The third kappa shape index (κ3) is 4.46. The van der Waals surface area contributed by atoms with E-state index in [0.717, 1.165) is 34.3 Å². The first-order chi connectivity index (χ1) is 18.5. The molecule has 0 unspecified atom stereocenters. The highest BCUT2D eigenvalue weighted by molar-refractivity contribution is 5.97. The smallest absolute Gasteiger partial charge is 0.159 e. The maximum absolute atomic E-state index is 14.5. The fourth-order valence-electron chi connectivity index (χ4n) is 4.38. The molecule has 9 nitrogen and oxygen atoms in total. The molecule has 10 heteroatoms. The Morgan fingerprint density at radius 3 is 2.68 bits per heavy atom. The van der Waals surface area contributed by atoms with E-state index in [-0.39, 0.29) is 5.82 Å². The monoisotopic (exact) mass is 508 g/mol. The standard InChI is InChI=1S/C28H25FN8O/c1-16-4-5-30-12-21(16)23-11-20-24(15-32-23)35-36-27(20)28-33-25-14-31-13-22(26(25)34-28)17-8-18(29)10-19(9-17)38-7-6-37(2)3/h4-5,8-15H,6-7H2,1-3H3,(H,33,34)(H,35,36). The van der Waals surface area contributed by atoms with Crippen molar-refractivity contribution in [1.82, 2.24) is 40.0 Å². The van der Waals surface area contributed by atoms with Gasteiger partial charge in [0, 0.05) is 47.7 Å². The van der Waals surface area contributed by atoms with Crippen LogP contribution in [-0.4, -0.2) is 67.3 Å². The molecule has 190 valence electrons. The first-order valence-electron chi connectivity index (χ1n) is 12.1. The van der Waals surface area contributed by atoms with Gasteiger partial charge in [-0.1, -0.05) is 0 Å². The van der Waals surface area contributed by atoms with Crippen molar-refractivity contribution in [2.75, 3.05) is 27.2 Å². The molecule has 38 heavy (non-hydrogen) atoms. The summed E-state index contributed by atoms with van der Waals surface area (Å²) in [6.45, 7) is 3.20. The van der Waals surface area contributed by atoms with E-state index in [1.807, 2.05) is 44.1 Å². The quantitative estimate of drug-likeness (QED) is 0.312. The zero-order valence-corrected chi connectivity index (χ0v) is 21.2. The van der Waals surface area contributed by atoms with Crippen LogP contribution < -0.4 is 4.74 Å². The summed E-state index contributed by atoms with van der Waals surface area (Å²) < 4.78 is 20.3. The molecule has 0 spiro atoms. The van der Waals surface area contributed by atoms with Crippen molar-refractivity contribution in [3.8, 4) is 39.7 Å². The number of aromatic amines is 2. The van der Waals surface area contributed by atoms with Gasteiger partial charge >= 0.3 is 0 Å². The van der Waals surface area contributed by atoms with Gasteiger partial charge in [0.2, 0.25) is 0 Å². The number of hydrogen-bond acceptors (Lipinski definition) is 7. The fraction of sp³-hybridized carbons (Fsp3) is 0.179. The number of nitrogens with one attached hydrogen (secondary N) is 2. The Morgan fingerprint density at radius 2 is 1.84 bits per heavy atom. The van der Waals surface area contributed by atoms with Crippen LogP contribution in [0.4, 0.5) is 4.39 Å². The zero-order valence-electron chi connectivity index (χ0n) is 21.2. The third-order valence-electron chi connectivity index (χ3n) is 6.37. The summed E-state index contributed by atoms with van der Waals surface area (Å²) in [6.07, 6.45) is 8.71. The fourth-order valence-corrected chi connectivity index (χ4v) is 4.38. The number of ether oxygens (including phenoxy) is 1. The van der Waals surface area contributed by atoms with Crippen LogP contribution in [0.3, 0.4) is 0 Å². The molecule has 0 saturated carbocycles. The van der Waals surface area contributed by atoms with Gasteiger partial charge < -0.3 is 14.6 Å². The molecule has 6 aromatic rings. The van der Waals surface area contributed by atoms with Crippen LogP contribution in [0.25, 0.3) is 55.8 Å². The van der Waals surface area contributed by atoms with Crippen molar-refractivity contribution < 1.29 is 9.13 Å². The Kier molecular flexibility index (Phi) is 6.01. The van der Waals surface area contributed by atoms with Crippen LogP contribution in [-0.2, 0) is 0 Å². The Morgan fingerprint density at radius 1 is 0.974 bits per heavy atom.